The maximum absolute atomic E-state index is 10.4. The van der Waals surface area contributed by atoms with Crippen LogP contribution in [0.3, 0.4) is 0 Å². The van der Waals surface area contributed by atoms with Gasteiger partial charge in [-0.05, 0) is 12.1 Å². The molecule has 4 N–H and O–H groups in total. The minimum Gasteiger partial charge on any atom is -0.394 e. The lowest BCUT2D eigenvalue weighted by atomic mass is 10.1. The molecule has 5 rings (SSSR count). The molecule has 1 fully saturated rings. The van der Waals surface area contributed by atoms with Gasteiger partial charge in [-0.2, -0.15) is 0 Å². The predicted molar refractivity (Wildman–Crippen MR) is 108 cm³/mol. The average molecular weight is 424 g/mol. The van der Waals surface area contributed by atoms with Crippen molar-refractivity contribution < 1.29 is 20.1 Å². The third kappa shape index (κ3) is 3.21. The molecule has 12 heteroatoms. The molecular weight excluding hydrogens is 404 g/mol. The van der Waals surface area contributed by atoms with Crippen LogP contribution in [0.4, 0.5) is 5.82 Å². The van der Waals surface area contributed by atoms with Crippen molar-refractivity contribution in [3.8, 4) is 17.2 Å². The van der Waals surface area contributed by atoms with Crippen molar-refractivity contribution in [1.82, 2.24) is 34.5 Å². The van der Waals surface area contributed by atoms with Gasteiger partial charge in [-0.3, -0.25) is 4.57 Å². The van der Waals surface area contributed by atoms with Gasteiger partial charge in [0.05, 0.1) is 24.8 Å². The second-order valence-electron chi connectivity index (χ2n) is 7.08. The molecule has 0 radical (unpaired) electrons. The Balaban J connectivity index is 1.58. The highest BCUT2D eigenvalue weighted by Gasteiger charge is 2.44. The molecule has 4 atom stereocenters. The van der Waals surface area contributed by atoms with Crippen LogP contribution in [0, 0.1) is 0 Å². The Bertz CT molecular complexity index is 1210. The molecule has 12 nitrogen and oxygen atoms in total. The van der Waals surface area contributed by atoms with E-state index in [4.69, 9.17) is 4.74 Å². The summed E-state index contributed by atoms with van der Waals surface area (Å²) in [5.41, 5.74) is 2.11. The Morgan fingerprint density at radius 3 is 2.65 bits per heavy atom. The van der Waals surface area contributed by atoms with Crippen LogP contribution in [0.5, 0.6) is 0 Å². The summed E-state index contributed by atoms with van der Waals surface area (Å²) in [5.74, 6) is 0.757. The molecule has 0 aliphatic carbocycles. The molecule has 1 aliphatic rings. The Morgan fingerprint density at radius 1 is 1.13 bits per heavy atom. The van der Waals surface area contributed by atoms with E-state index in [2.05, 4.69) is 30.6 Å². The summed E-state index contributed by atoms with van der Waals surface area (Å²) in [7, 11) is 1.71. The summed E-state index contributed by atoms with van der Waals surface area (Å²) >= 11 is 0. The first kappa shape index (κ1) is 19.5. The van der Waals surface area contributed by atoms with Gasteiger partial charge >= 0.3 is 0 Å². The zero-order valence-electron chi connectivity index (χ0n) is 16.4. The van der Waals surface area contributed by atoms with Gasteiger partial charge in [0, 0.05) is 7.05 Å². The normalized spacial score (nSPS) is 23.5. The number of aliphatic hydroxyl groups excluding tert-OH is 3. The second-order valence-corrected chi connectivity index (χ2v) is 7.08. The fourth-order valence-electron chi connectivity index (χ4n) is 3.57. The van der Waals surface area contributed by atoms with E-state index in [1.54, 1.807) is 17.9 Å². The third-order valence-electron chi connectivity index (χ3n) is 5.19. The molecule has 1 aliphatic heterocycles. The molecular formula is C19H20N8O4. The molecule has 4 heterocycles. The quantitative estimate of drug-likeness (QED) is 0.336. The van der Waals surface area contributed by atoms with Gasteiger partial charge in [0.25, 0.3) is 0 Å². The van der Waals surface area contributed by atoms with E-state index < -0.39 is 31.1 Å². The van der Waals surface area contributed by atoms with E-state index in [9.17, 15) is 15.3 Å². The van der Waals surface area contributed by atoms with Gasteiger partial charge in [-0.15, -0.1) is 5.10 Å². The number of nitrogens with one attached hydrogen (secondary N) is 1. The number of benzene rings is 1. The number of nitrogens with zero attached hydrogens (tertiary/aromatic N) is 7. The van der Waals surface area contributed by atoms with E-state index in [-0.39, 0.29) is 0 Å². The molecule has 0 amide bonds. The second kappa shape index (κ2) is 7.67. The van der Waals surface area contributed by atoms with Crippen LogP contribution in [0.15, 0.2) is 42.9 Å². The maximum Gasteiger partial charge on any atom is 0.185 e. The van der Waals surface area contributed by atoms with Crippen molar-refractivity contribution >= 4 is 17.0 Å². The van der Waals surface area contributed by atoms with Gasteiger partial charge < -0.3 is 25.4 Å². The Hall–Kier alpha value is -3.45. The number of aromatic nitrogens is 7. The number of para-hydroxylation sites is 1. The fourth-order valence-corrected chi connectivity index (χ4v) is 3.57. The highest BCUT2D eigenvalue weighted by molar-refractivity contribution is 5.84. The van der Waals surface area contributed by atoms with Gasteiger partial charge in [0.15, 0.2) is 34.7 Å². The van der Waals surface area contributed by atoms with Crippen molar-refractivity contribution in [2.24, 2.45) is 0 Å². The first-order valence-electron chi connectivity index (χ1n) is 9.63. The standard InChI is InChI=1S/C19H20N8O4/c1-20-17-13-18(26(9-21-13)19-15(30)14(29)12(8-28)31-19)23-16(22-17)11-7-27(25-24-11)10-5-3-2-4-6-10/h2-7,9,12,14-15,19,28-30H,8H2,1H3,(H,20,22,23)/t12-,14-,15-,19-/m1/s1. The van der Waals surface area contributed by atoms with E-state index in [0.717, 1.165) is 5.69 Å². The van der Waals surface area contributed by atoms with Gasteiger partial charge in [0.2, 0.25) is 0 Å². The number of aliphatic hydroxyl groups is 3. The topological polar surface area (TPSA) is 156 Å². The van der Waals surface area contributed by atoms with Crippen LogP contribution < -0.4 is 5.32 Å². The molecule has 0 unspecified atom stereocenters. The van der Waals surface area contributed by atoms with Gasteiger partial charge in [0.1, 0.15) is 18.3 Å². The number of hydrogen-bond donors (Lipinski definition) is 4. The first-order chi connectivity index (χ1) is 15.1. The Labute approximate surface area is 175 Å². The van der Waals surface area contributed by atoms with Crippen LogP contribution in [0.2, 0.25) is 0 Å². The van der Waals surface area contributed by atoms with Gasteiger partial charge in [-0.1, -0.05) is 23.4 Å². The van der Waals surface area contributed by atoms with Crippen LogP contribution in [-0.4, -0.2) is 81.8 Å². The number of imidazole rings is 1. The van der Waals surface area contributed by atoms with Crippen LogP contribution in [0.25, 0.3) is 28.4 Å². The average Bonchev–Trinajstić information content (AvgIpc) is 3.52. The summed E-state index contributed by atoms with van der Waals surface area (Å²) in [6, 6.07) is 9.52. The monoisotopic (exact) mass is 424 g/mol. The van der Waals surface area contributed by atoms with E-state index >= 15 is 0 Å². The smallest absolute Gasteiger partial charge is 0.185 e. The van der Waals surface area contributed by atoms with Crippen LogP contribution in [0.1, 0.15) is 6.23 Å². The molecule has 1 aromatic carbocycles. The van der Waals surface area contributed by atoms with E-state index in [1.807, 2.05) is 30.3 Å². The highest BCUT2D eigenvalue weighted by Crippen LogP contribution is 2.33. The molecule has 4 aromatic rings. The number of fused-ring (bicyclic) bond motifs is 1. The van der Waals surface area contributed by atoms with Crippen molar-refractivity contribution in [3.05, 3.63) is 42.9 Å². The number of hydrogen-bond acceptors (Lipinski definition) is 10. The highest BCUT2D eigenvalue weighted by atomic mass is 16.6. The molecule has 0 bridgehead atoms. The fraction of sp³-hybridized carbons (Fsp3) is 0.316. The summed E-state index contributed by atoms with van der Waals surface area (Å²) in [4.78, 5) is 13.4. The molecule has 160 valence electrons. The Morgan fingerprint density at radius 2 is 1.94 bits per heavy atom. The van der Waals surface area contributed by atoms with Crippen molar-refractivity contribution in [2.45, 2.75) is 24.5 Å². The maximum atomic E-state index is 10.4. The lowest BCUT2D eigenvalue weighted by molar-refractivity contribution is -0.0511. The zero-order valence-corrected chi connectivity index (χ0v) is 16.4. The summed E-state index contributed by atoms with van der Waals surface area (Å²) in [6.45, 7) is -0.425. The molecule has 31 heavy (non-hydrogen) atoms. The predicted octanol–water partition coefficient (Wildman–Crippen LogP) is -0.273. The largest absolute Gasteiger partial charge is 0.394 e. The number of rotatable bonds is 5. The number of anilines is 1. The van der Waals surface area contributed by atoms with Crippen molar-refractivity contribution in [3.63, 3.8) is 0 Å². The molecule has 0 spiro atoms. The zero-order chi connectivity index (χ0) is 21.5. The SMILES string of the molecule is CNc1nc(-c2cn(-c3ccccc3)nn2)nc2c1ncn2[C@@H]1O[C@H](CO)[C@@H](O)[C@H]1O. The Kier molecular flexibility index (Phi) is 4.82. The van der Waals surface area contributed by atoms with E-state index in [0.29, 0.717) is 28.5 Å². The van der Waals surface area contributed by atoms with Gasteiger partial charge in [-0.25, -0.2) is 19.6 Å². The minimum atomic E-state index is -1.26. The van der Waals surface area contributed by atoms with Crippen LogP contribution >= 0.6 is 0 Å². The minimum absolute atomic E-state index is 0.299. The third-order valence-corrected chi connectivity index (χ3v) is 5.19. The van der Waals surface area contributed by atoms with E-state index in [1.165, 1.54) is 10.9 Å². The summed E-state index contributed by atoms with van der Waals surface area (Å²) in [6.07, 6.45) is -1.21. The van der Waals surface area contributed by atoms with Crippen molar-refractivity contribution in [2.75, 3.05) is 19.0 Å². The lowest BCUT2D eigenvalue weighted by Crippen LogP contribution is -2.33. The summed E-state index contributed by atoms with van der Waals surface area (Å²) < 4.78 is 8.75. The lowest BCUT2D eigenvalue weighted by Gasteiger charge is -2.16. The van der Waals surface area contributed by atoms with Crippen molar-refractivity contribution in [1.29, 1.82) is 0 Å². The molecule has 1 saturated heterocycles. The number of ether oxygens (including phenoxy) is 1. The first-order valence-corrected chi connectivity index (χ1v) is 9.63. The summed E-state index contributed by atoms with van der Waals surface area (Å²) in [5, 5.41) is 41.2. The molecule has 0 saturated carbocycles. The molecule has 3 aromatic heterocycles. The van der Waals surface area contributed by atoms with Crippen LogP contribution in [-0.2, 0) is 4.74 Å².